The number of pyridine rings is 1. The molecule has 0 radical (unpaired) electrons. The Bertz CT molecular complexity index is 563. The lowest BCUT2D eigenvalue weighted by atomic mass is 10.3. The molecule has 1 saturated carbocycles. The minimum absolute atomic E-state index is 0.0326. The van der Waals surface area contributed by atoms with E-state index in [9.17, 15) is 8.42 Å². The van der Waals surface area contributed by atoms with E-state index in [-0.39, 0.29) is 10.9 Å². The van der Waals surface area contributed by atoms with Gasteiger partial charge in [0.15, 0.2) is 0 Å². The third kappa shape index (κ3) is 4.34. The molecular weight excluding hydrogens is 306 g/mol. The lowest BCUT2D eigenvalue weighted by Crippen LogP contribution is -2.38. The topological polar surface area (TPSA) is 71.1 Å². The Morgan fingerprint density at radius 2 is 2.24 bits per heavy atom. The van der Waals surface area contributed by atoms with Crippen molar-refractivity contribution in [2.75, 3.05) is 18.1 Å². The first kappa shape index (κ1) is 16.6. The van der Waals surface area contributed by atoms with Gasteiger partial charge in [0.05, 0.1) is 4.90 Å². The highest BCUT2D eigenvalue weighted by Crippen LogP contribution is 2.29. The zero-order chi connectivity index (χ0) is 15.3. The minimum atomic E-state index is -3.48. The van der Waals surface area contributed by atoms with E-state index in [0.717, 1.165) is 32.2 Å². The first-order valence-corrected chi connectivity index (χ1v) is 10.1. The maximum absolute atomic E-state index is 12.5. The lowest BCUT2D eigenvalue weighted by Gasteiger charge is -2.19. The Balaban J connectivity index is 2.11. The van der Waals surface area contributed by atoms with Crippen molar-refractivity contribution in [1.29, 1.82) is 0 Å². The number of nitrogens with one attached hydrogen (secondary N) is 2. The largest absolute Gasteiger partial charge is 0.370 e. The number of rotatable bonds is 7. The van der Waals surface area contributed by atoms with Gasteiger partial charge in [-0.1, -0.05) is 13.3 Å². The Hall–Kier alpha value is -0.790. The minimum Gasteiger partial charge on any atom is -0.370 e. The second kappa shape index (κ2) is 7.47. The average Bonchev–Trinajstić information content (AvgIpc) is 2.92. The van der Waals surface area contributed by atoms with Crippen LogP contribution in [0.25, 0.3) is 0 Å². The van der Waals surface area contributed by atoms with Crippen LogP contribution in [0.2, 0.25) is 0 Å². The second-order valence-electron chi connectivity index (χ2n) is 5.24. The molecule has 5 nitrogen and oxygen atoms in total. The third-order valence-electron chi connectivity index (χ3n) is 3.66. The van der Waals surface area contributed by atoms with Crippen LogP contribution in [0, 0.1) is 0 Å². The summed E-state index contributed by atoms with van der Waals surface area (Å²) >= 11 is 1.74. The van der Waals surface area contributed by atoms with Gasteiger partial charge < -0.3 is 5.32 Å². The van der Waals surface area contributed by atoms with Crippen LogP contribution in [-0.4, -0.2) is 37.5 Å². The SMILES string of the molecule is CCCNc1cc(S(=O)(=O)NC2CCCC2SC)ccn1. The molecule has 0 aromatic carbocycles. The van der Waals surface area contributed by atoms with Crippen LogP contribution < -0.4 is 10.0 Å². The zero-order valence-electron chi connectivity index (χ0n) is 12.5. The van der Waals surface area contributed by atoms with Crippen LogP contribution in [0.4, 0.5) is 5.82 Å². The predicted octanol–water partition coefficient (Wildman–Crippen LogP) is 2.47. The van der Waals surface area contributed by atoms with Crippen molar-refractivity contribution in [3.8, 4) is 0 Å². The van der Waals surface area contributed by atoms with Gasteiger partial charge in [-0.05, 0) is 31.6 Å². The first-order chi connectivity index (χ1) is 10.1. The molecule has 1 aromatic rings. The summed E-state index contributed by atoms with van der Waals surface area (Å²) in [6, 6.07) is 3.18. The summed E-state index contributed by atoms with van der Waals surface area (Å²) in [5.41, 5.74) is 0. The summed E-state index contributed by atoms with van der Waals surface area (Å²) in [4.78, 5) is 4.43. The molecule has 0 saturated heterocycles. The fraction of sp³-hybridized carbons (Fsp3) is 0.643. The highest BCUT2D eigenvalue weighted by atomic mass is 32.2. The molecule has 2 N–H and O–H groups in total. The lowest BCUT2D eigenvalue weighted by molar-refractivity contribution is 0.555. The van der Waals surface area contributed by atoms with Crippen LogP contribution in [0.5, 0.6) is 0 Å². The molecule has 0 amide bonds. The summed E-state index contributed by atoms with van der Waals surface area (Å²) in [5, 5.41) is 3.49. The number of thioether (sulfide) groups is 1. The molecule has 0 spiro atoms. The molecule has 0 bridgehead atoms. The van der Waals surface area contributed by atoms with Gasteiger partial charge in [-0.2, -0.15) is 11.8 Å². The maximum Gasteiger partial charge on any atom is 0.241 e. The molecule has 21 heavy (non-hydrogen) atoms. The number of anilines is 1. The Labute approximate surface area is 131 Å². The summed E-state index contributed by atoms with van der Waals surface area (Å²) in [6.45, 7) is 2.83. The highest BCUT2D eigenvalue weighted by Gasteiger charge is 2.30. The van der Waals surface area contributed by atoms with E-state index in [0.29, 0.717) is 11.1 Å². The fourth-order valence-corrected chi connectivity index (χ4v) is 4.88. The van der Waals surface area contributed by atoms with E-state index in [4.69, 9.17) is 0 Å². The third-order valence-corrected chi connectivity index (χ3v) is 6.32. The van der Waals surface area contributed by atoms with Gasteiger partial charge in [-0.25, -0.2) is 18.1 Å². The molecule has 2 rings (SSSR count). The van der Waals surface area contributed by atoms with E-state index in [1.807, 2.05) is 6.26 Å². The average molecular weight is 329 g/mol. The number of sulfonamides is 1. The van der Waals surface area contributed by atoms with E-state index < -0.39 is 10.0 Å². The van der Waals surface area contributed by atoms with Gasteiger partial charge in [0.25, 0.3) is 0 Å². The summed E-state index contributed by atoms with van der Waals surface area (Å²) < 4.78 is 27.9. The van der Waals surface area contributed by atoms with Crippen LogP contribution in [0.1, 0.15) is 32.6 Å². The summed E-state index contributed by atoms with van der Waals surface area (Å²) in [5.74, 6) is 0.604. The van der Waals surface area contributed by atoms with E-state index in [1.54, 1.807) is 23.9 Å². The molecule has 1 aliphatic carbocycles. The molecule has 7 heteroatoms. The molecule has 2 unspecified atom stereocenters. The van der Waals surface area contributed by atoms with Gasteiger partial charge in [0, 0.05) is 30.1 Å². The first-order valence-electron chi connectivity index (χ1n) is 7.32. The molecule has 2 atom stereocenters. The van der Waals surface area contributed by atoms with Crippen LogP contribution in [-0.2, 0) is 10.0 Å². The molecule has 1 fully saturated rings. The van der Waals surface area contributed by atoms with Crippen molar-refractivity contribution in [3.05, 3.63) is 18.3 Å². The normalized spacial score (nSPS) is 22.4. The Kier molecular flexibility index (Phi) is 5.89. The monoisotopic (exact) mass is 329 g/mol. The molecule has 0 aliphatic heterocycles. The van der Waals surface area contributed by atoms with Gasteiger partial charge in [-0.3, -0.25) is 0 Å². The Morgan fingerprint density at radius 3 is 2.95 bits per heavy atom. The van der Waals surface area contributed by atoms with Crippen LogP contribution in [0.3, 0.4) is 0 Å². The van der Waals surface area contributed by atoms with Crippen molar-refractivity contribution >= 4 is 27.6 Å². The number of aromatic nitrogens is 1. The summed E-state index contributed by atoms with van der Waals surface area (Å²) in [7, 11) is -3.48. The number of hydrogen-bond donors (Lipinski definition) is 2. The van der Waals surface area contributed by atoms with Crippen molar-refractivity contribution in [1.82, 2.24) is 9.71 Å². The van der Waals surface area contributed by atoms with Gasteiger partial charge >= 0.3 is 0 Å². The van der Waals surface area contributed by atoms with Crippen molar-refractivity contribution in [3.63, 3.8) is 0 Å². The molecule has 118 valence electrons. The van der Waals surface area contributed by atoms with Gasteiger partial charge in [-0.15, -0.1) is 0 Å². The summed E-state index contributed by atoms with van der Waals surface area (Å²) in [6.07, 6.45) is 7.61. The zero-order valence-corrected chi connectivity index (χ0v) is 14.1. The number of hydrogen-bond acceptors (Lipinski definition) is 5. The molecule has 1 aliphatic rings. The quantitative estimate of drug-likeness (QED) is 0.804. The second-order valence-corrected chi connectivity index (χ2v) is 8.03. The standard InChI is InChI=1S/C14H23N3O2S2/c1-3-8-15-14-10-11(7-9-16-14)21(18,19)17-12-5-4-6-13(12)20-2/h7,9-10,12-13,17H,3-6,8H2,1-2H3,(H,15,16). The Morgan fingerprint density at radius 1 is 1.43 bits per heavy atom. The molecular formula is C14H23N3O2S2. The fourth-order valence-electron chi connectivity index (χ4n) is 2.54. The maximum atomic E-state index is 12.5. The highest BCUT2D eigenvalue weighted by molar-refractivity contribution is 7.99. The van der Waals surface area contributed by atoms with E-state index in [1.165, 1.54) is 6.20 Å². The van der Waals surface area contributed by atoms with Crippen LogP contribution in [0.15, 0.2) is 23.2 Å². The van der Waals surface area contributed by atoms with Crippen molar-refractivity contribution in [2.24, 2.45) is 0 Å². The van der Waals surface area contributed by atoms with Crippen molar-refractivity contribution < 1.29 is 8.42 Å². The number of nitrogens with zero attached hydrogens (tertiary/aromatic N) is 1. The smallest absolute Gasteiger partial charge is 0.241 e. The van der Waals surface area contributed by atoms with Gasteiger partial charge in [0.1, 0.15) is 5.82 Å². The molecule has 1 heterocycles. The van der Waals surface area contributed by atoms with Gasteiger partial charge in [0.2, 0.25) is 10.0 Å². The molecule has 1 aromatic heterocycles. The van der Waals surface area contributed by atoms with Crippen molar-refractivity contribution in [2.45, 2.75) is 48.8 Å². The van der Waals surface area contributed by atoms with E-state index >= 15 is 0 Å². The predicted molar refractivity (Wildman–Crippen MR) is 88.3 cm³/mol. The van der Waals surface area contributed by atoms with E-state index in [2.05, 4.69) is 21.9 Å². The van der Waals surface area contributed by atoms with Crippen LogP contribution >= 0.6 is 11.8 Å².